The summed E-state index contributed by atoms with van der Waals surface area (Å²) < 4.78 is 0. The number of ketones is 1. The van der Waals surface area contributed by atoms with Crippen LogP contribution in [0.5, 0.6) is 0 Å². The monoisotopic (exact) mass is 356 g/mol. The Kier molecular flexibility index (Phi) is 5.37. The Bertz CT molecular complexity index is 643. The van der Waals surface area contributed by atoms with Gasteiger partial charge in [-0.25, -0.2) is 4.99 Å². The van der Waals surface area contributed by atoms with Gasteiger partial charge in [0, 0.05) is 22.9 Å². The van der Waals surface area contributed by atoms with Crippen LogP contribution in [0.15, 0.2) is 15.2 Å². The van der Waals surface area contributed by atoms with Gasteiger partial charge in [-0.1, -0.05) is 10.2 Å². The summed E-state index contributed by atoms with van der Waals surface area (Å²) in [6.45, 7) is -0.413. The number of guanidine groups is 1. The normalized spacial score (nSPS) is 37.3. The number of carbonyl (C=O) groups is 1. The second kappa shape index (κ2) is 7.12. The van der Waals surface area contributed by atoms with E-state index in [1.54, 1.807) is 0 Å². The molecule has 2 rings (SSSR count). The number of azide groups is 2. The van der Waals surface area contributed by atoms with Gasteiger partial charge in [-0.3, -0.25) is 4.79 Å². The van der Waals surface area contributed by atoms with Crippen LogP contribution < -0.4 is 16.8 Å². The van der Waals surface area contributed by atoms with Crippen molar-refractivity contribution >= 4 is 23.3 Å². The van der Waals surface area contributed by atoms with E-state index in [4.69, 9.17) is 34.1 Å². The van der Waals surface area contributed by atoms with Crippen LogP contribution >= 0.6 is 11.6 Å². The van der Waals surface area contributed by atoms with E-state index in [0.717, 1.165) is 0 Å². The van der Waals surface area contributed by atoms with Gasteiger partial charge in [-0.2, -0.15) is 0 Å². The van der Waals surface area contributed by atoms with Crippen LogP contribution in [0.4, 0.5) is 0 Å². The number of halogens is 1. The molecule has 0 bridgehead atoms. The lowest BCUT2D eigenvalue weighted by Crippen LogP contribution is -2.62. The number of aliphatic hydroxyl groups is 1. The molecule has 0 radical (unpaired) electrons. The molecule has 0 saturated heterocycles. The second-order valence-corrected chi connectivity index (χ2v) is 6.12. The number of hydrogen-bond acceptors (Lipinski definition) is 8. The van der Waals surface area contributed by atoms with E-state index in [1.165, 1.54) is 0 Å². The predicted octanol–water partition coefficient (Wildman–Crippen LogP) is -0.420. The third-order valence-corrected chi connectivity index (χ3v) is 5.30. The second-order valence-electron chi connectivity index (χ2n) is 5.65. The summed E-state index contributed by atoms with van der Waals surface area (Å²) in [4.78, 5) is 21.7. The van der Waals surface area contributed by atoms with Crippen LogP contribution in [-0.4, -0.2) is 53.6 Å². The lowest BCUT2D eigenvalue weighted by Gasteiger charge is -2.36. The average molecular weight is 357 g/mol. The number of aliphatic imine (C=N–C) groups is 1. The molecule has 12 nitrogen and oxygen atoms in total. The highest BCUT2D eigenvalue weighted by Gasteiger charge is 2.66. The van der Waals surface area contributed by atoms with Gasteiger partial charge in [-0.15, -0.1) is 11.6 Å². The molecular weight excluding hydrogens is 340 g/mol. The lowest BCUT2D eigenvalue weighted by molar-refractivity contribution is -0.126. The molecular formula is C11H17ClN10O2. The Morgan fingerprint density at radius 1 is 1.38 bits per heavy atom. The molecule has 1 spiro atoms. The third-order valence-electron chi connectivity index (χ3n) is 4.62. The van der Waals surface area contributed by atoms with Crippen molar-refractivity contribution < 1.29 is 9.90 Å². The molecule has 1 aliphatic carbocycles. The lowest BCUT2D eigenvalue weighted by atomic mass is 9.78. The van der Waals surface area contributed by atoms with Gasteiger partial charge in [0.05, 0.1) is 17.8 Å². The summed E-state index contributed by atoms with van der Waals surface area (Å²) in [7, 11) is 0. The number of nitrogens with zero attached hydrogens (tertiary/aromatic N) is 7. The highest BCUT2D eigenvalue weighted by molar-refractivity contribution is 6.23. The van der Waals surface area contributed by atoms with Crippen LogP contribution in [0.3, 0.4) is 0 Å². The number of aliphatic hydroxyl groups excluding tert-OH is 1. The highest BCUT2D eigenvalue weighted by Crippen LogP contribution is 2.51. The van der Waals surface area contributed by atoms with Crippen molar-refractivity contribution in [2.45, 2.75) is 17.1 Å². The summed E-state index contributed by atoms with van der Waals surface area (Å²) in [6, 6.07) is 0. The molecule has 1 aliphatic heterocycles. The molecule has 13 heteroatoms. The molecule has 24 heavy (non-hydrogen) atoms. The van der Waals surface area contributed by atoms with Crippen LogP contribution in [0, 0.1) is 17.8 Å². The average Bonchev–Trinajstić information content (AvgIpc) is 2.98. The predicted molar refractivity (Wildman–Crippen MR) is 85.7 cm³/mol. The van der Waals surface area contributed by atoms with Gasteiger partial charge in [0.15, 0.2) is 18.0 Å². The Labute approximate surface area is 141 Å². The summed E-state index contributed by atoms with van der Waals surface area (Å²) in [5.41, 5.74) is 27.0. The first-order valence-corrected chi connectivity index (χ1v) is 7.55. The fraction of sp³-hybridized carbons (Fsp3) is 0.818. The number of carbonyl (C=O) groups excluding carboxylic acids is 1. The zero-order valence-corrected chi connectivity index (χ0v) is 13.3. The molecule has 1 fully saturated rings. The minimum atomic E-state index is -1.40. The number of rotatable bonds is 6. The van der Waals surface area contributed by atoms with Crippen molar-refractivity contribution in [2.75, 3.05) is 19.6 Å². The molecule has 6 N–H and O–H groups in total. The maximum atomic E-state index is 12.5. The van der Waals surface area contributed by atoms with E-state index in [1.807, 2.05) is 0 Å². The smallest absolute Gasteiger partial charge is 0.191 e. The van der Waals surface area contributed by atoms with Crippen LogP contribution in [0.25, 0.3) is 20.9 Å². The van der Waals surface area contributed by atoms with Crippen molar-refractivity contribution in [1.82, 2.24) is 5.32 Å². The maximum Gasteiger partial charge on any atom is 0.191 e. The van der Waals surface area contributed by atoms with E-state index in [-0.39, 0.29) is 25.6 Å². The molecule has 0 aromatic rings. The van der Waals surface area contributed by atoms with Gasteiger partial charge >= 0.3 is 0 Å². The molecule has 130 valence electrons. The van der Waals surface area contributed by atoms with Gasteiger partial charge in [0.25, 0.3) is 0 Å². The fourth-order valence-electron chi connectivity index (χ4n) is 3.71. The van der Waals surface area contributed by atoms with Gasteiger partial charge < -0.3 is 21.9 Å². The van der Waals surface area contributed by atoms with Crippen LogP contribution in [0.2, 0.25) is 0 Å². The number of hydrogen-bond donors (Lipinski definition) is 4. The minimum Gasteiger partial charge on any atom is -0.370 e. The van der Waals surface area contributed by atoms with Crippen molar-refractivity contribution in [3.05, 3.63) is 20.9 Å². The zero-order chi connectivity index (χ0) is 17.9. The van der Waals surface area contributed by atoms with Crippen molar-refractivity contribution in [2.24, 2.45) is 44.4 Å². The largest absolute Gasteiger partial charge is 0.370 e. The zero-order valence-electron chi connectivity index (χ0n) is 12.5. The van der Waals surface area contributed by atoms with Gasteiger partial charge in [-0.05, 0) is 22.9 Å². The topological polar surface area (TPSA) is 211 Å². The first-order valence-electron chi connectivity index (χ1n) is 7.12. The van der Waals surface area contributed by atoms with E-state index in [0.29, 0.717) is 0 Å². The van der Waals surface area contributed by atoms with Crippen molar-refractivity contribution in [1.29, 1.82) is 0 Å². The van der Waals surface area contributed by atoms with Crippen LogP contribution in [-0.2, 0) is 4.79 Å². The number of nitrogens with one attached hydrogen (secondary N) is 1. The van der Waals surface area contributed by atoms with Crippen molar-refractivity contribution in [3.63, 3.8) is 0 Å². The minimum absolute atomic E-state index is 0.0410. The van der Waals surface area contributed by atoms with Crippen LogP contribution in [0.1, 0.15) is 0 Å². The molecule has 0 aromatic heterocycles. The molecule has 2 aliphatic rings. The summed E-state index contributed by atoms with van der Waals surface area (Å²) in [5, 5.41) is 19.4. The molecule has 1 saturated carbocycles. The fourth-order valence-corrected chi connectivity index (χ4v) is 4.28. The summed E-state index contributed by atoms with van der Waals surface area (Å²) in [6.07, 6.45) is -1.38. The van der Waals surface area contributed by atoms with E-state index < -0.39 is 40.7 Å². The van der Waals surface area contributed by atoms with E-state index in [2.05, 4.69) is 30.4 Å². The maximum absolute atomic E-state index is 12.5. The number of alkyl halides is 1. The molecule has 0 aromatic carbocycles. The summed E-state index contributed by atoms with van der Waals surface area (Å²) in [5.74, 6) is -2.49. The molecule has 1 heterocycles. The first-order chi connectivity index (χ1) is 11.4. The Balaban J connectivity index is 2.54. The summed E-state index contributed by atoms with van der Waals surface area (Å²) >= 11 is 6.54. The standard InChI is InChI=1S/C11H17ClN10O2/c12-8-5(3-18-22-16)4(2-17-21-15)7(6(23)1-13)11(8)9(24)19-10(14)20-11/h4-5,7-9,24H,1-3,13H2,(H3,14,19,20)/t4-,5-,7-,8+,9?,11+/m1/s1. The number of nitrogens with two attached hydrogens (primary N) is 2. The highest BCUT2D eigenvalue weighted by atomic mass is 35.5. The van der Waals surface area contributed by atoms with Gasteiger partial charge in [0.2, 0.25) is 0 Å². The van der Waals surface area contributed by atoms with E-state index >= 15 is 0 Å². The first kappa shape index (κ1) is 18.1. The van der Waals surface area contributed by atoms with Crippen molar-refractivity contribution in [3.8, 4) is 0 Å². The van der Waals surface area contributed by atoms with E-state index in [9.17, 15) is 9.90 Å². The Hall–Kier alpha value is -2.23. The number of Topliss-reactive ketones (excluding diaryl/α,β-unsaturated/α-hetero) is 1. The Morgan fingerprint density at radius 3 is 2.42 bits per heavy atom. The molecule has 6 atom stereocenters. The van der Waals surface area contributed by atoms with Gasteiger partial charge in [0.1, 0.15) is 5.54 Å². The molecule has 1 unspecified atom stereocenters. The molecule has 0 amide bonds. The SMILES string of the molecule is [N-]=[N+]=NC[C@@H]1[C@@H](CN=[N+]=[N-])[C@H](C(=O)CN)[C@]2(NC(N)=NC2O)[C@H]1Cl. The Morgan fingerprint density at radius 2 is 1.96 bits per heavy atom. The third kappa shape index (κ3) is 2.70. The quantitative estimate of drug-likeness (QED) is 0.215.